The van der Waals surface area contributed by atoms with Gasteiger partial charge in [0.25, 0.3) is 0 Å². The van der Waals surface area contributed by atoms with Gasteiger partial charge in [0.15, 0.2) is 0 Å². The van der Waals surface area contributed by atoms with Crippen molar-refractivity contribution in [3.63, 3.8) is 0 Å². The first kappa shape index (κ1) is 13.9. The molecule has 1 aromatic heterocycles. The average molecular weight is 285 g/mol. The number of fused-ring (bicyclic) bond motifs is 1. The molecule has 100 valence electrons. The van der Waals surface area contributed by atoms with Gasteiger partial charge in [-0.25, -0.2) is 0 Å². The van der Waals surface area contributed by atoms with Crippen LogP contribution in [-0.2, 0) is 17.8 Å². The molecule has 1 aliphatic heterocycles. The standard InChI is InChI=1S/C13H19NO2S2/c1-10(3-6-15)18-9-13(16)14-5-2-12-11(8-14)4-7-17-12/h4,7,10,15H,2-3,5-6,8-9H2,1H3. The third-order valence-electron chi connectivity index (χ3n) is 3.19. The first-order valence-corrected chi connectivity index (χ1v) is 8.19. The van der Waals surface area contributed by atoms with Gasteiger partial charge in [0.1, 0.15) is 0 Å². The molecule has 2 heterocycles. The Morgan fingerprint density at radius 1 is 1.67 bits per heavy atom. The summed E-state index contributed by atoms with van der Waals surface area (Å²) < 4.78 is 0. The van der Waals surface area contributed by atoms with Crippen molar-refractivity contribution in [3.8, 4) is 0 Å². The van der Waals surface area contributed by atoms with E-state index in [0.717, 1.165) is 25.9 Å². The number of amides is 1. The molecular weight excluding hydrogens is 266 g/mol. The van der Waals surface area contributed by atoms with E-state index in [4.69, 9.17) is 5.11 Å². The molecule has 1 amide bonds. The number of thiophene rings is 1. The third-order valence-corrected chi connectivity index (χ3v) is 5.43. The first-order chi connectivity index (χ1) is 8.70. The molecule has 3 nitrogen and oxygen atoms in total. The fourth-order valence-corrected chi connectivity index (χ4v) is 3.80. The van der Waals surface area contributed by atoms with Gasteiger partial charge in [0.2, 0.25) is 5.91 Å². The Bertz CT molecular complexity index is 405. The van der Waals surface area contributed by atoms with Gasteiger partial charge >= 0.3 is 0 Å². The molecule has 0 radical (unpaired) electrons. The van der Waals surface area contributed by atoms with Crippen LogP contribution in [0.25, 0.3) is 0 Å². The van der Waals surface area contributed by atoms with E-state index in [9.17, 15) is 4.79 Å². The first-order valence-electron chi connectivity index (χ1n) is 6.26. The van der Waals surface area contributed by atoms with Gasteiger partial charge in [-0.1, -0.05) is 6.92 Å². The van der Waals surface area contributed by atoms with Crippen LogP contribution in [0.5, 0.6) is 0 Å². The number of rotatable bonds is 5. The van der Waals surface area contributed by atoms with Gasteiger partial charge in [-0.3, -0.25) is 4.79 Å². The molecule has 1 aliphatic rings. The molecule has 1 unspecified atom stereocenters. The van der Waals surface area contributed by atoms with E-state index in [1.807, 2.05) is 4.90 Å². The second-order valence-electron chi connectivity index (χ2n) is 4.57. The molecule has 1 N–H and O–H groups in total. The molecule has 2 rings (SSSR count). The summed E-state index contributed by atoms with van der Waals surface area (Å²) in [6.45, 7) is 3.87. The highest BCUT2D eigenvalue weighted by Crippen LogP contribution is 2.24. The van der Waals surface area contributed by atoms with Crippen molar-refractivity contribution in [2.24, 2.45) is 0 Å². The van der Waals surface area contributed by atoms with Crippen LogP contribution in [0.4, 0.5) is 0 Å². The summed E-state index contributed by atoms with van der Waals surface area (Å²) in [5.41, 5.74) is 1.31. The fraction of sp³-hybridized carbons (Fsp3) is 0.615. The molecule has 0 fully saturated rings. The molecule has 0 aliphatic carbocycles. The molecule has 0 saturated heterocycles. The summed E-state index contributed by atoms with van der Waals surface area (Å²) in [6.07, 6.45) is 1.75. The van der Waals surface area contributed by atoms with Crippen molar-refractivity contribution in [2.45, 2.75) is 31.6 Å². The van der Waals surface area contributed by atoms with E-state index in [1.54, 1.807) is 23.1 Å². The maximum absolute atomic E-state index is 12.1. The van der Waals surface area contributed by atoms with E-state index in [1.165, 1.54) is 10.4 Å². The largest absolute Gasteiger partial charge is 0.396 e. The molecule has 0 aromatic carbocycles. The Morgan fingerprint density at radius 3 is 3.28 bits per heavy atom. The van der Waals surface area contributed by atoms with Crippen molar-refractivity contribution < 1.29 is 9.90 Å². The number of carbonyl (C=O) groups is 1. The lowest BCUT2D eigenvalue weighted by Crippen LogP contribution is -2.36. The van der Waals surface area contributed by atoms with Crippen molar-refractivity contribution >= 4 is 29.0 Å². The van der Waals surface area contributed by atoms with Gasteiger partial charge in [-0.15, -0.1) is 23.1 Å². The molecule has 0 saturated carbocycles. The molecule has 5 heteroatoms. The van der Waals surface area contributed by atoms with Crippen LogP contribution >= 0.6 is 23.1 Å². The highest BCUT2D eigenvalue weighted by atomic mass is 32.2. The molecule has 1 aromatic rings. The summed E-state index contributed by atoms with van der Waals surface area (Å²) >= 11 is 3.43. The zero-order chi connectivity index (χ0) is 13.0. The van der Waals surface area contributed by atoms with Gasteiger partial charge in [0.05, 0.1) is 5.75 Å². The van der Waals surface area contributed by atoms with E-state index in [0.29, 0.717) is 11.0 Å². The maximum atomic E-state index is 12.1. The summed E-state index contributed by atoms with van der Waals surface area (Å²) in [5, 5.41) is 11.3. The number of thioether (sulfide) groups is 1. The molecule has 0 spiro atoms. The Balaban J connectivity index is 1.80. The highest BCUT2D eigenvalue weighted by molar-refractivity contribution is 8.00. The number of hydrogen-bond acceptors (Lipinski definition) is 4. The predicted octanol–water partition coefficient (Wildman–Crippen LogP) is 2.14. The van der Waals surface area contributed by atoms with Crippen molar-refractivity contribution in [2.75, 3.05) is 18.9 Å². The number of hydrogen-bond donors (Lipinski definition) is 1. The second-order valence-corrected chi connectivity index (χ2v) is 7.00. The molecular formula is C13H19NO2S2. The average Bonchev–Trinajstić information content (AvgIpc) is 2.83. The van der Waals surface area contributed by atoms with E-state index in [-0.39, 0.29) is 12.5 Å². The minimum absolute atomic E-state index is 0.199. The predicted molar refractivity (Wildman–Crippen MR) is 77.1 cm³/mol. The monoisotopic (exact) mass is 285 g/mol. The van der Waals surface area contributed by atoms with Crippen molar-refractivity contribution in [3.05, 3.63) is 21.9 Å². The Kier molecular flexibility index (Phi) is 5.09. The van der Waals surface area contributed by atoms with Gasteiger partial charge in [-0.05, 0) is 29.9 Å². The molecule has 0 bridgehead atoms. The fourth-order valence-electron chi connectivity index (χ4n) is 2.03. The zero-order valence-corrected chi connectivity index (χ0v) is 12.2. The van der Waals surface area contributed by atoms with Crippen LogP contribution in [0.2, 0.25) is 0 Å². The molecule has 1 atom stereocenters. The van der Waals surface area contributed by atoms with Gasteiger partial charge in [0, 0.05) is 29.8 Å². The summed E-state index contributed by atoms with van der Waals surface area (Å²) in [4.78, 5) is 15.5. The van der Waals surface area contributed by atoms with Gasteiger partial charge in [-0.2, -0.15) is 0 Å². The number of nitrogens with zero attached hydrogens (tertiary/aromatic N) is 1. The quantitative estimate of drug-likeness (QED) is 0.901. The van der Waals surface area contributed by atoms with E-state index < -0.39 is 0 Å². The van der Waals surface area contributed by atoms with E-state index >= 15 is 0 Å². The number of aliphatic hydroxyl groups excluding tert-OH is 1. The maximum Gasteiger partial charge on any atom is 0.232 e. The van der Waals surface area contributed by atoms with Crippen LogP contribution in [0, 0.1) is 0 Å². The lowest BCUT2D eigenvalue weighted by Gasteiger charge is -2.27. The van der Waals surface area contributed by atoms with Gasteiger partial charge < -0.3 is 10.0 Å². The SMILES string of the molecule is CC(CCO)SCC(=O)N1CCc2sccc2C1. The van der Waals surface area contributed by atoms with Crippen LogP contribution in [0.3, 0.4) is 0 Å². The summed E-state index contributed by atoms with van der Waals surface area (Å²) in [7, 11) is 0. The third kappa shape index (κ3) is 3.49. The Hall–Kier alpha value is -0.520. The second kappa shape index (κ2) is 6.59. The molecule has 18 heavy (non-hydrogen) atoms. The van der Waals surface area contributed by atoms with Crippen LogP contribution in [-0.4, -0.2) is 40.1 Å². The highest BCUT2D eigenvalue weighted by Gasteiger charge is 2.21. The topological polar surface area (TPSA) is 40.5 Å². The smallest absolute Gasteiger partial charge is 0.232 e. The van der Waals surface area contributed by atoms with Crippen molar-refractivity contribution in [1.29, 1.82) is 0 Å². The minimum atomic E-state index is 0.199. The van der Waals surface area contributed by atoms with Crippen LogP contribution in [0.1, 0.15) is 23.8 Å². The van der Waals surface area contributed by atoms with Crippen LogP contribution in [0.15, 0.2) is 11.4 Å². The minimum Gasteiger partial charge on any atom is -0.396 e. The Labute approximate surface area is 116 Å². The normalized spacial score (nSPS) is 16.4. The zero-order valence-electron chi connectivity index (χ0n) is 10.6. The number of carbonyl (C=O) groups excluding carboxylic acids is 1. The van der Waals surface area contributed by atoms with E-state index in [2.05, 4.69) is 18.4 Å². The summed E-state index contributed by atoms with van der Waals surface area (Å²) in [5.74, 6) is 0.752. The lowest BCUT2D eigenvalue weighted by molar-refractivity contribution is -0.129. The van der Waals surface area contributed by atoms with Crippen molar-refractivity contribution in [1.82, 2.24) is 4.90 Å². The summed E-state index contributed by atoms with van der Waals surface area (Å²) in [6, 6.07) is 2.13. The Morgan fingerprint density at radius 2 is 2.50 bits per heavy atom. The lowest BCUT2D eigenvalue weighted by atomic mass is 10.1. The van der Waals surface area contributed by atoms with Crippen LogP contribution < -0.4 is 0 Å². The number of aliphatic hydroxyl groups is 1.